The highest BCUT2D eigenvalue weighted by Crippen LogP contribution is 2.27. The van der Waals surface area contributed by atoms with Gasteiger partial charge in [0.15, 0.2) is 6.10 Å². The molecule has 3 aromatic rings. The maximum Gasteiger partial charge on any atom is 0.279 e. The second-order valence-electron chi connectivity index (χ2n) is 6.98. The van der Waals surface area contributed by atoms with E-state index in [1.807, 2.05) is 6.92 Å². The molecule has 0 aliphatic rings. The molecule has 0 radical (unpaired) electrons. The number of carbonyl (C=O) groups excluding carboxylic acids is 2. The number of rotatable bonds is 9. The Morgan fingerprint density at radius 1 is 0.939 bits per heavy atom. The van der Waals surface area contributed by atoms with Crippen LogP contribution in [0.15, 0.2) is 77.7 Å². The first-order chi connectivity index (χ1) is 16.0. The van der Waals surface area contributed by atoms with Crippen molar-refractivity contribution in [1.82, 2.24) is 10.9 Å². The highest BCUT2D eigenvalue weighted by Gasteiger charge is 2.17. The van der Waals surface area contributed by atoms with E-state index in [0.29, 0.717) is 39.9 Å². The number of halogens is 1. The zero-order valence-electron chi connectivity index (χ0n) is 18.3. The number of hydrogen-bond donors (Lipinski definition) is 2. The highest BCUT2D eigenvalue weighted by atomic mass is 32.2. The summed E-state index contributed by atoms with van der Waals surface area (Å²) in [7, 11) is 0. The molecule has 0 aliphatic carbocycles. The van der Waals surface area contributed by atoms with E-state index in [1.54, 1.807) is 73.7 Å². The minimum atomic E-state index is -0.839. The Labute approximate surface area is 196 Å². The molecule has 0 fully saturated rings. The van der Waals surface area contributed by atoms with Gasteiger partial charge in [0.25, 0.3) is 11.8 Å². The summed E-state index contributed by atoms with van der Waals surface area (Å²) in [6.45, 7) is 4.03. The van der Waals surface area contributed by atoms with Gasteiger partial charge in [-0.05, 0) is 61.9 Å². The average molecular weight is 469 g/mol. The van der Waals surface area contributed by atoms with Gasteiger partial charge in [-0.3, -0.25) is 20.4 Å². The molecule has 1 unspecified atom stereocenters. The van der Waals surface area contributed by atoms with Crippen molar-refractivity contribution in [3.63, 3.8) is 0 Å². The summed E-state index contributed by atoms with van der Waals surface area (Å²) in [6, 6.07) is 20.4. The summed E-state index contributed by atoms with van der Waals surface area (Å²) >= 11 is 1.34. The molecule has 2 N–H and O–H groups in total. The summed E-state index contributed by atoms with van der Waals surface area (Å²) in [5.74, 6) is 0.307. The van der Waals surface area contributed by atoms with Crippen LogP contribution in [0, 0.1) is 5.82 Å². The van der Waals surface area contributed by atoms with Gasteiger partial charge in [-0.15, -0.1) is 11.8 Å². The molecule has 0 aliphatic heterocycles. The third kappa shape index (κ3) is 6.98. The fraction of sp³-hybridized carbons (Fsp3) is 0.200. The first kappa shape index (κ1) is 24.1. The first-order valence-electron chi connectivity index (χ1n) is 10.4. The van der Waals surface area contributed by atoms with E-state index in [2.05, 4.69) is 10.9 Å². The van der Waals surface area contributed by atoms with Gasteiger partial charge in [-0.2, -0.15) is 0 Å². The number of benzene rings is 3. The first-order valence-corrected chi connectivity index (χ1v) is 11.4. The summed E-state index contributed by atoms with van der Waals surface area (Å²) in [4.78, 5) is 25.7. The summed E-state index contributed by atoms with van der Waals surface area (Å²) < 4.78 is 24.9. The lowest BCUT2D eigenvalue weighted by atomic mass is 10.2. The van der Waals surface area contributed by atoms with E-state index in [4.69, 9.17) is 9.47 Å². The predicted octanol–water partition coefficient (Wildman–Crippen LogP) is 4.75. The second-order valence-corrected chi connectivity index (χ2v) is 8.00. The van der Waals surface area contributed by atoms with Crippen molar-refractivity contribution in [2.24, 2.45) is 0 Å². The number of thioether (sulfide) groups is 1. The van der Waals surface area contributed by atoms with Crippen LogP contribution >= 0.6 is 11.8 Å². The van der Waals surface area contributed by atoms with Gasteiger partial charge in [-0.1, -0.05) is 30.3 Å². The normalized spacial score (nSPS) is 11.4. The largest absolute Gasteiger partial charge is 0.494 e. The fourth-order valence-corrected chi connectivity index (χ4v) is 3.91. The Kier molecular flexibility index (Phi) is 8.71. The lowest BCUT2D eigenvalue weighted by Gasteiger charge is -2.16. The topological polar surface area (TPSA) is 76.7 Å². The maximum absolute atomic E-state index is 13.9. The van der Waals surface area contributed by atoms with Crippen LogP contribution in [0.3, 0.4) is 0 Å². The van der Waals surface area contributed by atoms with E-state index in [1.165, 1.54) is 17.8 Å². The van der Waals surface area contributed by atoms with Crippen molar-refractivity contribution >= 4 is 23.6 Å². The van der Waals surface area contributed by atoms with E-state index < -0.39 is 17.9 Å². The molecule has 0 aromatic heterocycles. The molecule has 8 heteroatoms. The number of hydrazine groups is 1. The van der Waals surface area contributed by atoms with Gasteiger partial charge >= 0.3 is 0 Å². The quantitative estimate of drug-likeness (QED) is 0.350. The number of nitrogens with one attached hydrogen (secondary N) is 2. The van der Waals surface area contributed by atoms with Gasteiger partial charge in [0.1, 0.15) is 17.3 Å². The smallest absolute Gasteiger partial charge is 0.279 e. The van der Waals surface area contributed by atoms with Crippen LogP contribution in [0.5, 0.6) is 11.5 Å². The maximum atomic E-state index is 13.9. The van der Waals surface area contributed by atoms with Crippen molar-refractivity contribution in [3.05, 3.63) is 89.7 Å². The Balaban J connectivity index is 1.54. The third-order valence-corrected chi connectivity index (χ3v) is 5.71. The van der Waals surface area contributed by atoms with Crippen molar-refractivity contribution in [1.29, 1.82) is 0 Å². The van der Waals surface area contributed by atoms with Crippen molar-refractivity contribution < 1.29 is 23.5 Å². The number of hydrogen-bond acceptors (Lipinski definition) is 5. The van der Waals surface area contributed by atoms with Crippen LogP contribution in [0.4, 0.5) is 4.39 Å². The fourth-order valence-electron chi connectivity index (χ4n) is 2.88. The van der Waals surface area contributed by atoms with Crippen LogP contribution < -0.4 is 20.3 Å². The summed E-state index contributed by atoms with van der Waals surface area (Å²) in [6.07, 6.45) is -0.839. The molecule has 2 amide bonds. The van der Waals surface area contributed by atoms with Crippen molar-refractivity contribution in [3.8, 4) is 11.5 Å². The molecule has 0 heterocycles. The zero-order valence-corrected chi connectivity index (χ0v) is 19.2. The van der Waals surface area contributed by atoms with Gasteiger partial charge in [0.2, 0.25) is 0 Å². The van der Waals surface area contributed by atoms with Crippen LogP contribution in [0.25, 0.3) is 0 Å². The molecular formula is C25H25FN2O4S. The van der Waals surface area contributed by atoms with Crippen LogP contribution in [0.1, 0.15) is 29.8 Å². The third-order valence-electron chi connectivity index (χ3n) is 4.59. The number of amides is 2. The molecule has 172 valence electrons. The molecule has 0 bridgehead atoms. The lowest BCUT2D eigenvalue weighted by Crippen LogP contribution is -2.47. The van der Waals surface area contributed by atoms with E-state index in [-0.39, 0.29) is 5.82 Å². The van der Waals surface area contributed by atoms with Crippen LogP contribution in [-0.2, 0) is 10.5 Å². The van der Waals surface area contributed by atoms with Gasteiger partial charge in [0, 0.05) is 10.6 Å². The van der Waals surface area contributed by atoms with Gasteiger partial charge in [0.05, 0.1) is 12.2 Å². The molecule has 3 rings (SSSR count). The lowest BCUT2D eigenvalue weighted by molar-refractivity contribution is -0.128. The van der Waals surface area contributed by atoms with E-state index >= 15 is 0 Å². The molecular weight excluding hydrogens is 443 g/mol. The molecule has 0 saturated carbocycles. The molecule has 0 spiro atoms. The molecule has 1 atom stereocenters. The molecule has 6 nitrogen and oxygen atoms in total. The van der Waals surface area contributed by atoms with E-state index in [9.17, 15) is 14.0 Å². The summed E-state index contributed by atoms with van der Waals surface area (Å²) in [5, 5.41) is 0. The Hall–Kier alpha value is -3.52. The summed E-state index contributed by atoms with van der Waals surface area (Å²) in [5.41, 5.74) is 5.72. The predicted molar refractivity (Wildman–Crippen MR) is 126 cm³/mol. The van der Waals surface area contributed by atoms with Gasteiger partial charge < -0.3 is 9.47 Å². The van der Waals surface area contributed by atoms with Gasteiger partial charge in [-0.25, -0.2) is 4.39 Å². The zero-order chi connectivity index (χ0) is 23.6. The average Bonchev–Trinajstić information content (AvgIpc) is 2.83. The molecule has 33 heavy (non-hydrogen) atoms. The highest BCUT2D eigenvalue weighted by molar-refractivity contribution is 7.98. The SMILES string of the molecule is CCOc1ccc(OC(C)C(=O)NNC(=O)c2ccccc2SCc2ccccc2F)cc1. The monoisotopic (exact) mass is 468 g/mol. The minimum absolute atomic E-state index is 0.291. The molecule has 0 saturated heterocycles. The number of carbonyl (C=O) groups is 2. The van der Waals surface area contributed by atoms with Crippen molar-refractivity contribution in [2.45, 2.75) is 30.6 Å². The molecule has 3 aromatic carbocycles. The van der Waals surface area contributed by atoms with Crippen LogP contribution in [0.2, 0.25) is 0 Å². The second kappa shape index (κ2) is 11.9. The minimum Gasteiger partial charge on any atom is -0.494 e. The van der Waals surface area contributed by atoms with Crippen molar-refractivity contribution in [2.75, 3.05) is 6.61 Å². The standard InChI is InChI=1S/C25H25FN2O4S/c1-3-31-19-12-14-20(15-13-19)32-17(2)24(29)27-28-25(30)21-9-5-7-11-23(21)33-16-18-8-4-6-10-22(18)26/h4-15,17H,3,16H2,1-2H3,(H,27,29)(H,28,30). The number of ether oxygens (including phenoxy) is 2. The Morgan fingerprint density at radius 3 is 2.33 bits per heavy atom. The Bertz CT molecular complexity index is 1090. The van der Waals surface area contributed by atoms with Crippen LogP contribution in [-0.4, -0.2) is 24.5 Å². The van der Waals surface area contributed by atoms with E-state index in [0.717, 1.165) is 0 Å². The Morgan fingerprint density at radius 2 is 1.61 bits per heavy atom.